The van der Waals surface area contributed by atoms with E-state index >= 15 is 0 Å². The molecule has 0 radical (unpaired) electrons. The molecule has 2 aliphatic rings. The Morgan fingerprint density at radius 3 is 2.27 bits per heavy atom. The van der Waals surface area contributed by atoms with Crippen molar-refractivity contribution in [2.45, 2.75) is 78.7 Å². The molecule has 2 aliphatic heterocycles. The molecule has 71 heavy (non-hydrogen) atoms. The number of carbonyl (C=O) groups is 4. The number of aliphatic hydroxyl groups excluding tert-OH is 1. The van der Waals surface area contributed by atoms with Gasteiger partial charge >= 0.3 is 0 Å². The van der Waals surface area contributed by atoms with Crippen LogP contribution in [0.15, 0.2) is 77.2 Å². The van der Waals surface area contributed by atoms with Crippen molar-refractivity contribution in [3.8, 4) is 21.9 Å². The summed E-state index contributed by atoms with van der Waals surface area (Å²) in [5, 5.41) is 28.7. The average Bonchev–Trinajstić information content (AvgIpc) is 4.06. The summed E-state index contributed by atoms with van der Waals surface area (Å²) >= 11 is 7.80. The molecular formula is C51H62ClN9O9S. The molecule has 0 unspecified atom stereocenters. The summed E-state index contributed by atoms with van der Waals surface area (Å²) in [6.07, 6.45) is -0.806. The second-order valence-electron chi connectivity index (χ2n) is 18.6. The number of amides is 4. The second-order valence-corrected chi connectivity index (χ2v) is 19.8. The number of aromatic nitrogens is 4. The third-order valence-electron chi connectivity index (χ3n) is 12.3. The Balaban J connectivity index is 0.812. The van der Waals surface area contributed by atoms with Crippen molar-refractivity contribution in [3.05, 3.63) is 111 Å². The van der Waals surface area contributed by atoms with E-state index in [1.807, 2.05) is 101 Å². The van der Waals surface area contributed by atoms with Crippen LogP contribution in [-0.4, -0.2) is 137 Å². The third kappa shape index (κ3) is 13.1. The summed E-state index contributed by atoms with van der Waals surface area (Å²) in [4.78, 5) is 66.0. The van der Waals surface area contributed by atoms with Gasteiger partial charge in [0.1, 0.15) is 36.3 Å². The van der Waals surface area contributed by atoms with E-state index in [0.29, 0.717) is 28.1 Å². The molecule has 18 nitrogen and oxygen atoms in total. The number of likely N-dealkylation sites (tertiary alicyclic amines) is 1. The molecule has 0 bridgehead atoms. The first kappa shape index (κ1) is 52.7. The van der Waals surface area contributed by atoms with Crippen LogP contribution < -0.4 is 20.7 Å². The summed E-state index contributed by atoms with van der Waals surface area (Å²) < 4.78 is 24.4. The molecule has 4 heterocycles. The van der Waals surface area contributed by atoms with Crippen molar-refractivity contribution in [1.82, 2.24) is 40.6 Å². The van der Waals surface area contributed by atoms with Gasteiger partial charge in [0.05, 0.1) is 79.6 Å². The van der Waals surface area contributed by atoms with Crippen molar-refractivity contribution in [3.63, 3.8) is 0 Å². The molecular weight excluding hydrogens is 950 g/mol. The number of methoxy groups -OCH3 is 1. The predicted octanol–water partition coefficient (Wildman–Crippen LogP) is 5.17. The second kappa shape index (κ2) is 23.9. The lowest BCUT2D eigenvalue weighted by atomic mass is 9.85. The summed E-state index contributed by atoms with van der Waals surface area (Å²) in [5.74, 6) is -0.403. The van der Waals surface area contributed by atoms with Gasteiger partial charge in [0, 0.05) is 48.3 Å². The standard InChI is InChI=1S/C51H62ClN9O9S/c1-30(43-47-59-58-32(3)61(47)40-25-38(67-7)16-17-39(40)44(57-43)34-12-14-36(52)15-13-34)48(64)53-18-19-68-20-21-69-22-23-70-28-42(63)56-46(51(4,5)6)50(66)60-27-37(62)24-41(60)49(65)54-26-33-8-10-35(11-9-33)45-31(2)55-29-71-45/h8-17,25,29-30,37,41,43,46,62H,18-24,26-28H2,1-7H3,(H,53,64)(H,54,65)(H,56,63)/t30-,37-,41+,43+,46-/m1/s1. The largest absolute Gasteiger partial charge is 0.497 e. The highest BCUT2D eigenvalue weighted by Crippen LogP contribution is 2.37. The topological polar surface area (TPSA) is 221 Å². The Morgan fingerprint density at radius 2 is 1.59 bits per heavy atom. The molecule has 4 amide bonds. The minimum Gasteiger partial charge on any atom is -0.497 e. The number of hydrogen-bond donors (Lipinski definition) is 4. The van der Waals surface area contributed by atoms with E-state index in [4.69, 9.17) is 35.5 Å². The first-order chi connectivity index (χ1) is 34.0. The quantitative estimate of drug-likeness (QED) is 0.0700. The van der Waals surface area contributed by atoms with E-state index in [1.165, 1.54) is 4.90 Å². The number of aliphatic imine (C=N–C) groups is 1. The smallest absolute Gasteiger partial charge is 0.246 e. The normalized spacial score (nSPS) is 17.3. The van der Waals surface area contributed by atoms with Crippen LogP contribution in [0.25, 0.3) is 16.1 Å². The molecule has 3 aromatic carbocycles. The average molecular weight is 1010 g/mol. The molecule has 5 aromatic rings. The maximum Gasteiger partial charge on any atom is 0.246 e. The number of nitrogens with one attached hydrogen (secondary N) is 3. The molecule has 2 aromatic heterocycles. The molecule has 7 rings (SSSR count). The molecule has 0 aliphatic carbocycles. The Hall–Kier alpha value is -6.09. The zero-order valence-corrected chi connectivity index (χ0v) is 42.6. The minimum absolute atomic E-state index is 0.0327. The van der Waals surface area contributed by atoms with Crippen LogP contribution in [0.5, 0.6) is 5.75 Å². The fourth-order valence-corrected chi connectivity index (χ4v) is 9.41. The van der Waals surface area contributed by atoms with Crippen molar-refractivity contribution >= 4 is 52.3 Å². The van der Waals surface area contributed by atoms with Crippen molar-refractivity contribution in [2.24, 2.45) is 16.3 Å². The number of nitrogens with zero attached hydrogens (tertiary/aromatic N) is 6. The maximum atomic E-state index is 14.0. The van der Waals surface area contributed by atoms with Gasteiger partial charge in [-0.15, -0.1) is 21.5 Å². The molecule has 1 saturated heterocycles. The number of rotatable bonds is 21. The lowest BCUT2D eigenvalue weighted by Crippen LogP contribution is -2.58. The van der Waals surface area contributed by atoms with Crippen LogP contribution in [0.3, 0.4) is 0 Å². The fraction of sp³-hybridized carbons (Fsp3) is 0.451. The monoisotopic (exact) mass is 1010 g/mol. The third-order valence-corrected chi connectivity index (χ3v) is 13.6. The molecule has 0 saturated carbocycles. The van der Waals surface area contributed by atoms with Crippen LogP contribution in [0.4, 0.5) is 0 Å². The number of thiazole rings is 1. The molecule has 5 atom stereocenters. The van der Waals surface area contributed by atoms with Crippen LogP contribution in [0.1, 0.15) is 74.2 Å². The number of aliphatic hydroxyl groups is 1. The Labute approximate surface area is 422 Å². The van der Waals surface area contributed by atoms with E-state index in [0.717, 1.165) is 38.5 Å². The molecule has 0 spiro atoms. The molecule has 4 N–H and O–H groups in total. The van der Waals surface area contributed by atoms with Crippen molar-refractivity contribution < 1.29 is 43.2 Å². The number of halogens is 1. The van der Waals surface area contributed by atoms with Gasteiger partial charge in [-0.1, -0.05) is 75.7 Å². The van der Waals surface area contributed by atoms with Gasteiger partial charge in [-0.05, 0) is 54.7 Å². The minimum atomic E-state index is -0.990. The molecule has 378 valence electrons. The number of hydrogen-bond acceptors (Lipinski definition) is 14. The van der Waals surface area contributed by atoms with Gasteiger partial charge in [-0.2, -0.15) is 0 Å². The number of benzene rings is 3. The SMILES string of the molecule is COc1ccc2c(c1)-n1c(C)nnc1[C@H]([C@@H](C)C(=O)NCCOCCOCCOCC(=O)N[C@H](C(=O)N1C[C@H](O)C[C@H]1C(=O)NCc1ccc(-c3scnc3C)cc1)C(C)(C)C)N=C2c1ccc(Cl)cc1. The fourth-order valence-electron chi connectivity index (χ4n) is 8.47. The van der Waals surface area contributed by atoms with E-state index in [1.54, 1.807) is 36.1 Å². The van der Waals surface area contributed by atoms with E-state index < -0.39 is 47.4 Å². The lowest BCUT2D eigenvalue weighted by molar-refractivity contribution is -0.144. The zero-order chi connectivity index (χ0) is 50.8. The summed E-state index contributed by atoms with van der Waals surface area (Å²) in [7, 11) is 1.61. The molecule has 1 fully saturated rings. The van der Waals surface area contributed by atoms with Crippen LogP contribution in [-0.2, 0) is 39.9 Å². The summed E-state index contributed by atoms with van der Waals surface area (Å²) in [6, 6.07) is 18.4. The number of aryl methyl sites for hydroxylation is 2. The lowest BCUT2D eigenvalue weighted by Gasteiger charge is -2.35. The Kier molecular flexibility index (Phi) is 17.7. The zero-order valence-electron chi connectivity index (χ0n) is 41.1. The predicted molar refractivity (Wildman–Crippen MR) is 269 cm³/mol. The number of carbonyl (C=O) groups excluding carboxylic acids is 4. The Bertz CT molecular complexity index is 2690. The van der Waals surface area contributed by atoms with E-state index in [2.05, 4.69) is 31.1 Å². The van der Waals surface area contributed by atoms with Gasteiger partial charge in [0.15, 0.2) is 5.82 Å². The first-order valence-corrected chi connectivity index (χ1v) is 24.8. The number of ether oxygens (including phenoxy) is 4. The van der Waals surface area contributed by atoms with Gasteiger partial charge in [0.2, 0.25) is 23.6 Å². The summed E-state index contributed by atoms with van der Waals surface area (Å²) in [5.41, 5.74) is 7.09. The Morgan fingerprint density at radius 1 is 0.901 bits per heavy atom. The van der Waals surface area contributed by atoms with Crippen molar-refractivity contribution in [2.75, 3.05) is 59.8 Å². The van der Waals surface area contributed by atoms with Crippen LogP contribution >= 0.6 is 22.9 Å². The van der Waals surface area contributed by atoms with Gasteiger partial charge < -0.3 is 44.9 Å². The summed E-state index contributed by atoms with van der Waals surface area (Å²) in [6.45, 7) is 12.3. The first-order valence-electron chi connectivity index (χ1n) is 23.5. The van der Waals surface area contributed by atoms with Crippen molar-refractivity contribution in [1.29, 1.82) is 0 Å². The van der Waals surface area contributed by atoms with E-state index in [9.17, 15) is 24.3 Å². The number of fused-ring (bicyclic) bond motifs is 3. The number of β-amino-alcohol motifs (C(OH)–C–C–N with tert-alkyl or cyclic N) is 1. The van der Waals surface area contributed by atoms with Gasteiger partial charge in [-0.25, -0.2) is 4.98 Å². The van der Waals surface area contributed by atoms with Gasteiger partial charge in [0.25, 0.3) is 0 Å². The molecule has 20 heteroatoms. The van der Waals surface area contributed by atoms with E-state index in [-0.39, 0.29) is 77.5 Å². The highest BCUT2D eigenvalue weighted by Gasteiger charge is 2.44. The van der Waals surface area contributed by atoms with Gasteiger partial charge in [-0.3, -0.25) is 28.7 Å². The maximum absolute atomic E-state index is 14.0. The van der Waals surface area contributed by atoms with Crippen LogP contribution in [0, 0.1) is 25.2 Å². The highest BCUT2D eigenvalue weighted by molar-refractivity contribution is 7.13. The van der Waals surface area contributed by atoms with Crippen LogP contribution in [0.2, 0.25) is 5.02 Å². The highest BCUT2D eigenvalue weighted by atomic mass is 35.5.